The van der Waals surface area contributed by atoms with E-state index in [9.17, 15) is 9.59 Å². The summed E-state index contributed by atoms with van der Waals surface area (Å²) < 4.78 is 0. The second-order valence-corrected chi connectivity index (χ2v) is 4.41. The van der Waals surface area contributed by atoms with Gasteiger partial charge in [0.15, 0.2) is 0 Å². The van der Waals surface area contributed by atoms with Crippen LogP contribution in [0.25, 0.3) is 0 Å². The molecule has 5 nitrogen and oxygen atoms in total. The summed E-state index contributed by atoms with van der Waals surface area (Å²) in [5, 5.41) is 21.3. The van der Waals surface area contributed by atoms with Crippen molar-refractivity contribution in [2.24, 2.45) is 17.8 Å². The SMILES string of the molecule is O=C(O)C1CC2NCCCC2C1C(=O)O. The van der Waals surface area contributed by atoms with E-state index in [2.05, 4.69) is 5.32 Å². The lowest BCUT2D eigenvalue weighted by atomic mass is 9.84. The van der Waals surface area contributed by atoms with E-state index in [1.54, 1.807) is 0 Å². The molecule has 1 aliphatic heterocycles. The number of carboxylic acids is 2. The van der Waals surface area contributed by atoms with Crippen LogP contribution < -0.4 is 5.32 Å². The Morgan fingerprint density at radius 2 is 1.93 bits per heavy atom. The molecule has 15 heavy (non-hydrogen) atoms. The smallest absolute Gasteiger partial charge is 0.307 e. The molecule has 0 amide bonds. The van der Waals surface area contributed by atoms with E-state index in [0.717, 1.165) is 19.4 Å². The molecule has 0 aromatic heterocycles. The lowest BCUT2D eigenvalue weighted by Gasteiger charge is -2.28. The zero-order valence-electron chi connectivity index (χ0n) is 8.35. The highest BCUT2D eigenvalue weighted by molar-refractivity contribution is 5.81. The van der Waals surface area contributed by atoms with E-state index in [1.807, 2.05) is 0 Å². The van der Waals surface area contributed by atoms with Crippen molar-refractivity contribution in [2.75, 3.05) is 6.54 Å². The minimum absolute atomic E-state index is 0.00245. The van der Waals surface area contributed by atoms with Gasteiger partial charge >= 0.3 is 11.9 Å². The van der Waals surface area contributed by atoms with Crippen molar-refractivity contribution in [3.63, 3.8) is 0 Å². The number of carboxylic acid groups (broad SMARTS) is 2. The molecule has 1 heterocycles. The predicted molar refractivity (Wildman–Crippen MR) is 51.4 cm³/mol. The number of rotatable bonds is 2. The van der Waals surface area contributed by atoms with Gasteiger partial charge in [-0.25, -0.2) is 0 Å². The minimum Gasteiger partial charge on any atom is -0.481 e. The van der Waals surface area contributed by atoms with Gasteiger partial charge in [0.1, 0.15) is 0 Å². The number of fused-ring (bicyclic) bond motifs is 1. The van der Waals surface area contributed by atoms with E-state index in [1.165, 1.54) is 0 Å². The lowest BCUT2D eigenvalue weighted by molar-refractivity contribution is -0.153. The molecule has 0 spiro atoms. The molecule has 2 aliphatic rings. The first kappa shape index (κ1) is 10.4. The summed E-state index contributed by atoms with van der Waals surface area (Å²) >= 11 is 0. The second-order valence-electron chi connectivity index (χ2n) is 4.41. The first-order chi connectivity index (χ1) is 7.11. The van der Waals surface area contributed by atoms with Gasteiger partial charge in [0.2, 0.25) is 0 Å². The topological polar surface area (TPSA) is 86.6 Å². The Balaban J connectivity index is 2.21. The van der Waals surface area contributed by atoms with Crippen molar-refractivity contribution in [2.45, 2.75) is 25.3 Å². The van der Waals surface area contributed by atoms with Gasteiger partial charge in [0.25, 0.3) is 0 Å². The molecular formula is C10H15NO4. The van der Waals surface area contributed by atoms with Gasteiger partial charge in [-0.3, -0.25) is 9.59 Å². The van der Waals surface area contributed by atoms with Crippen LogP contribution >= 0.6 is 0 Å². The van der Waals surface area contributed by atoms with Crippen LogP contribution in [0.1, 0.15) is 19.3 Å². The molecule has 0 bridgehead atoms. The maximum atomic E-state index is 11.1. The molecule has 0 radical (unpaired) electrons. The van der Waals surface area contributed by atoms with Gasteiger partial charge in [-0.1, -0.05) is 0 Å². The van der Waals surface area contributed by atoms with Crippen LogP contribution in [-0.4, -0.2) is 34.7 Å². The highest BCUT2D eigenvalue weighted by Gasteiger charge is 2.50. The molecule has 2 fully saturated rings. The van der Waals surface area contributed by atoms with Crippen LogP contribution in [0.2, 0.25) is 0 Å². The summed E-state index contributed by atoms with van der Waals surface area (Å²) in [6, 6.07) is 0.0842. The molecular weight excluding hydrogens is 198 g/mol. The van der Waals surface area contributed by atoms with E-state index < -0.39 is 23.8 Å². The quantitative estimate of drug-likeness (QED) is 0.608. The standard InChI is InChI=1S/C10H15NO4/c12-9(13)6-4-7-5(2-1-3-11-7)8(6)10(14)15/h5-8,11H,1-4H2,(H,12,13)(H,14,15). The van der Waals surface area contributed by atoms with Gasteiger partial charge < -0.3 is 15.5 Å². The molecule has 1 saturated heterocycles. The van der Waals surface area contributed by atoms with Crippen LogP contribution in [0.4, 0.5) is 0 Å². The minimum atomic E-state index is -0.974. The molecule has 0 aromatic carbocycles. The molecule has 1 saturated carbocycles. The Morgan fingerprint density at radius 3 is 2.53 bits per heavy atom. The van der Waals surface area contributed by atoms with Crippen LogP contribution in [0.15, 0.2) is 0 Å². The fourth-order valence-corrected chi connectivity index (χ4v) is 2.99. The van der Waals surface area contributed by atoms with Crippen molar-refractivity contribution in [1.29, 1.82) is 0 Å². The molecule has 4 atom stereocenters. The second kappa shape index (κ2) is 3.81. The molecule has 5 heteroatoms. The summed E-state index contributed by atoms with van der Waals surface area (Å²) in [4.78, 5) is 22.0. The van der Waals surface area contributed by atoms with Gasteiger partial charge in [0, 0.05) is 6.04 Å². The average Bonchev–Trinajstić information content (AvgIpc) is 2.56. The Kier molecular flexibility index (Phi) is 2.65. The molecule has 2 rings (SSSR count). The summed E-state index contributed by atoms with van der Waals surface area (Å²) in [5.74, 6) is -3.36. The fraction of sp³-hybridized carbons (Fsp3) is 0.800. The number of aliphatic carboxylic acids is 2. The number of hydrogen-bond acceptors (Lipinski definition) is 3. The summed E-state index contributed by atoms with van der Waals surface area (Å²) in [5.41, 5.74) is 0. The Hall–Kier alpha value is -1.10. The third-order valence-corrected chi connectivity index (χ3v) is 3.64. The molecule has 3 N–H and O–H groups in total. The Labute approximate surface area is 87.5 Å². The zero-order chi connectivity index (χ0) is 11.0. The largest absolute Gasteiger partial charge is 0.481 e. The van der Waals surface area contributed by atoms with Gasteiger partial charge in [0.05, 0.1) is 11.8 Å². The first-order valence-corrected chi connectivity index (χ1v) is 5.30. The Bertz CT molecular complexity index is 291. The van der Waals surface area contributed by atoms with Gasteiger partial charge in [-0.05, 0) is 31.7 Å². The predicted octanol–water partition coefficient (Wildman–Crippen LogP) is 0.160. The number of nitrogens with one attached hydrogen (secondary N) is 1. The lowest BCUT2D eigenvalue weighted by Crippen LogP contribution is -2.40. The monoisotopic (exact) mass is 213 g/mol. The van der Waals surface area contributed by atoms with E-state index >= 15 is 0 Å². The summed E-state index contributed by atoms with van der Waals surface area (Å²) in [6.45, 7) is 0.875. The molecule has 4 unspecified atom stereocenters. The zero-order valence-corrected chi connectivity index (χ0v) is 8.35. The normalized spacial score (nSPS) is 39.7. The fourth-order valence-electron chi connectivity index (χ4n) is 2.99. The van der Waals surface area contributed by atoms with E-state index in [-0.39, 0.29) is 12.0 Å². The molecule has 84 valence electrons. The highest BCUT2D eigenvalue weighted by Crippen LogP contribution is 2.41. The summed E-state index contributed by atoms with van der Waals surface area (Å²) in [7, 11) is 0. The van der Waals surface area contributed by atoms with Crippen LogP contribution in [0.3, 0.4) is 0 Å². The van der Waals surface area contributed by atoms with E-state index in [0.29, 0.717) is 6.42 Å². The van der Waals surface area contributed by atoms with Gasteiger partial charge in [-0.2, -0.15) is 0 Å². The maximum Gasteiger partial charge on any atom is 0.307 e. The molecule has 0 aromatic rings. The third-order valence-electron chi connectivity index (χ3n) is 3.64. The van der Waals surface area contributed by atoms with Crippen molar-refractivity contribution >= 4 is 11.9 Å². The number of carbonyl (C=O) groups is 2. The van der Waals surface area contributed by atoms with E-state index in [4.69, 9.17) is 10.2 Å². The van der Waals surface area contributed by atoms with Crippen molar-refractivity contribution in [3.8, 4) is 0 Å². The average molecular weight is 213 g/mol. The van der Waals surface area contributed by atoms with Crippen molar-refractivity contribution < 1.29 is 19.8 Å². The van der Waals surface area contributed by atoms with Crippen molar-refractivity contribution in [3.05, 3.63) is 0 Å². The van der Waals surface area contributed by atoms with Crippen LogP contribution in [0.5, 0.6) is 0 Å². The maximum absolute atomic E-state index is 11.1. The van der Waals surface area contributed by atoms with Gasteiger partial charge in [-0.15, -0.1) is 0 Å². The van der Waals surface area contributed by atoms with Crippen LogP contribution in [0, 0.1) is 17.8 Å². The number of hydrogen-bond donors (Lipinski definition) is 3. The Morgan fingerprint density at radius 1 is 1.20 bits per heavy atom. The highest BCUT2D eigenvalue weighted by atomic mass is 16.4. The summed E-state index contributed by atoms with van der Waals surface area (Å²) in [6.07, 6.45) is 2.23. The third kappa shape index (κ3) is 1.71. The van der Waals surface area contributed by atoms with Crippen LogP contribution in [-0.2, 0) is 9.59 Å². The molecule has 1 aliphatic carbocycles. The first-order valence-electron chi connectivity index (χ1n) is 5.30. The van der Waals surface area contributed by atoms with Crippen molar-refractivity contribution in [1.82, 2.24) is 5.32 Å². The number of piperidine rings is 1.